The third-order valence-electron chi connectivity index (χ3n) is 5.42. The second-order valence-corrected chi connectivity index (χ2v) is 7.95. The molecule has 0 unspecified atom stereocenters. The number of benzene rings is 2. The summed E-state index contributed by atoms with van der Waals surface area (Å²) in [7, 11) is 0. The number of carbonyl (C=O) groups is 2. The molecule has 3 aromatic rings. The highest BCUT2D eigenvalue weighted by molar-refractivity contribution is 5.93. The second-order valence-electron chi connectivity index (χ2n) is 7.95. The number of halogens is 1. The van der Waals surface area contributed by atoms with Crippen molar-refractivity contribution in [3.63, 3.8) is 0 Å². The van der Waals surface area contributed by atoms with Gasteiger partial charge < -0.3 is 10.2 Å². The number of aromatic nitrogens is 2. The normalized spacial score (nSPS) is 14.5. The van der Waals surface area contributed by atoms with E-state index in [0.717, 1.165) is 11.1 Å². The zero-order valence-electron chi connectivity index (χ0n) is 18.2. The number of nitrogens with one attached hydrogen (secondary N) is 1. The van der Waals surface area contributed by atoms with Crippen molar-refractivity contribution in [2.45, 2.75) is 6.54 Å². The van der Waals surface area contributed by atoms with Crippen molar-refractivity contribution in [1.29, 1.82) is 0 Å². The molecule has 4 rings (SSSR count). The Morgan fingerprint density at radius 1 is 1.03 bits per heavy atom. The Morgan fingerprint density at radius 3 is 2.58 bits per heavy atom. The van der Waals surface area contributed by atoms with Crippen molar-refractivity contribution in [2.75, 3.05) is 38.0 Å². The van der Waals surface area contributed by atoms with Gasteiger partial charge in [-0.1, -0.05) is 36.4 Å². The molecule has 0 aliphatic carbocycles. The van der Waals surface area contributed by atoms with Crippen LogP contribution in [-0.4, -0.2) is 64.1 Å². The van der Waals surface area contributed by atoms with Crippen LogP contribution in [0.15, 0.2) is 73.1 Å². The van der Waals surface area contributed by atoms with Crippen LogP contribution in [-0.2, 0) is 16.1 Å². The maximum absolute atomic E-state index is 13.2. The van der Waals surface area contributed by atoms with Crippen molar-refractivity contribution in [3.8, 4) is 0 Å². The standard InChI is InChI=1S/C25H26FN5O2/c26-22-7-4-8-23(15-22)28-24(32)19-29-11-13-30(14-12-29)25(33)10-9-21-16-27-31(18-21)17-20-5-2-1-3-6-20/h1-10,15-16,18H,11-14,17,19H2,(H,28,32)/b10-9+. The van der Waals surface area contributed by atoms with Gasteiger partial charge in [0.2, 0.25) is 11.8 Å². The number of amides is 2. The summed E-state index contributed by atoms with van der Waals surface area (Å²) in [4.78, 5) is 28.5. The van der Waals surface area contributed by atoms with Crippen molar-refractivity contribution >= 4 is 23.6 Å². The molecule has 170 valence electrons. The molecule has 1 aliphatic heterocycles. The molecule has 7 nitrogen and oxygen atoms in total. The molecule has 1 N–H and O–H groups in total. The third kappa shape index (κ3) is 6.60. The van der Waals surface area contributed by atoms with Crippen molar-refractivity contribution in [1.82, 2.24) is 19.6 Å². The number of hydrogen-bond donors (Lipinski definition) is 1. The average Bonchev–Trinajstić information content (AvgIpc) is 3.26. The lowest BCUT2D eigenvalue weighted by molar-refractivity contribution is -0.127. The Kier molecular flexibility index (Phi) is 7.26. The fourth-order valence-corrected chi connectivity index (χ4v) is 3.69. The maximum atomic E-state index is 13.2. The van der Waals surface area contributed by atoms with Gasteiger partial charge in [-0.3, -0.25) is 19.2 Å². The van der Waals surface area contributed by atoms with Gasteiger partial charge in [0.05, 0.1) is 19.3 Å². The summed E-state index contributed by atoms with van der Waals surface area (Å²) in [6.45, 7) is 3.18. The Balaban J connectivity index is 1.21. The molecule has 0 atom stereocenters. The zero-order chi connectivity index (χ0) is 23.0. The highest BCUT2D eigenvalue weighted by atomic mass is 19.1. The van der Waals surface area contributed by atoms with E-state index in [4.69, 9.17) is 0 Å². The van der Waals surface area contributed by atoms with E-state index in [1.165, 1.54) is 12.1 Å². The van der Waals surface area contributed by atoms with Crippen molar-refractivity contribution in [2.24, 2.45) is 0 Å². The van der Waals surface area contributed by atoms with Gasteiger partial charge in [0, 0.05) is 49.7 Å². The number of anilines is 1. The number of carbonyl (C=O) groups excluding carboxylic acids is 2. The third-order valence-corrected chi connectivity index (χ3v) is 5.42. The van der Waals surface area contributed by atoms with Crippen LogP contribution in [0.5, 0.6) is 0 Å². The van der Waals surface area contributed by atoms with Crippen LogP contribution >= 0.6 is 0 Å². The average molecular weight is 448 g/mol. The summed E-state index contributed by atoms with van der Waals surface area (Å²) in [6.07, 6.45) is 6.99. The molecule has 0 saturated carbocycles. The minimum absolute atomic E-state index is 0.0605. The van der Waals surface area contributed by atoms with Crippen LogP contribution in [0.25, 0.3) is 6.08 Å². The lowest BCUT2D eigenvalue weighted by Gasteiger charge is -2.33. The number of piperazine rings is 1. The molecule has 33 heavy (non-hydrogen) atoms. The lowest BCUT2D eigenvalue weighted by atomic mass is 10.2. The summed E-state index contributed by atoms with van der Waals surface area (Å²) in [5.74, 6) is -0.654. The fourth-order valence-electron chi connectivity index (χ4n) is 3.69. The summed E-state index contributed by atoms with van der Waals surface area (Å²) in [5, 5.41) is 7.05. The smallest absolute Gasteiger partial charge is 0.246 e. The molecule has 2 heterocycles. The molecule has 1 fully saturated rings. The highest BCUT2D eigenvalue weighted by Gasteiger charge is 2.21. The van der Waals surface area contributed by atoms with Crippen molar-refractivity contribution < 1.29 is 14.0 Å². The second kappa shape index (κ2) is 10.7. The highest BCUT2D eigenvalue weighted by Crippen LogP contribution is 2.10. The topological polar surface area (TPSA) is 70.5 Å². The summed E-state index contributed by atoms with van der Waals surface area (Å²) in [6, 6.07) is 15.9. The molecule has 2 amide bonds. The predicted molar refractivity (Wildman–Crippen MR) is 125 cm³/mol. The first-order valence-electron chi connectivity index (χ1n) is 10.9. The van der Waals surface area contributed by atoms with E-state index in [2.05, 4.69) is 10.4 Å². The molecule has 1 saturated heterocycles. The Hall–Kier alpha value is -3.78. The molecular formula is C25H26FN5O2. The first-order chi connectivity index (χ1) is 16.0. The Labute approximate surface area is 192 Å². The molecule has 0 spiro atoms. The van der Waals surface area contributed by atoms with Crippen LogP contribution in [0, 0.1) is 5.82 Å². The summed E-state index contributed by atoms with van der Waals surface area (Å²) in [5.41, 5.74) is 2.47. The first kappa shape index (κ1) is 22.4. The Morgan fingerprint density at radius 2 is 1.82 bits per heavy atom. The van der Waals surface area contributed by atoms with Crippen LogP contribution in [0.3, 0.4) is 0 Å². The van der Waals surface area contributed by atoms with E-state index < -0.39 is 5.82 Å². The van der Waals surface area contributed by atoms with E-state index in [-0.39, 0.29) is 18.4 Å². The van der Waals surface area contributed by atoms with Gasteiger partial charge in [-0.2, -0.15) is 5.10 Å². The monoisotopic (exact) mass is 447 g/mol. The quantitative estimate of drug-likeness (QED) is 0.566. The van der Waals surface area contributed by atoms with Crippen LogP contribution in [0.1, 0.15) is 11.1 Å². The van der Waals surface area contributed by atoms with Gasteiger partial charge in [0.25, 0.3) is 0 Å². The number of hydrogen-bond acceptors (Lipinski definition) is 4. The molecule has 1 aliphatic rings. The van der Waals surface area contributed by atoms with Crippen molar-refractivity contribution in [3.05, 3.63) is 90.0 Å². The molecular weight excluding hydrogens is 421 g/mol. The van der Waals surface area contributed by atoms with E-state index in [0.29, 0.717) is 38.4 Å². The van der Waals surface area contributed by atoms with Gasteiger partial charge in [-0.05, 0) is 29.8 Å². The van der Waals surface area contributed by atoms with Gasteiger partial charge in [-0.25, -0.2) is 4.39 Å². The van der Waals surface area contributed by atoms with Crippen LogP contribution < -0.4 is 5.32 Å². The molecule has 8 heteroatoms. The number of rotatable bonds is 7. The fraction of sp³-hybridized carbons (Fsp3) is 0.240. The largest absolute Gasteiger partial charge is 0.337 e. The first-order valence-corrected chi connectivity index (χ1v) is 10.9. The Bertz CT molecular complexity index is 1120. The minimum Gasteiger partial charge on any atom is -0.337 e. The van der Waals surface area contributed by atoms with Gasteiger partial charge in [0.1, 0.15) is 5.82 Å². The maximum Gasteiger partial charge on any atom is 0.246 e. The van der Waals surface area contributed by atoms with Gasteiger partial charge in [0.15, 0.2) is 0 Å². The predicted octanol–water partition coefficient (Wildman–Crippen LogP) is 2.87. The lowest BCUT2D eigenvalue weighted by Crippen LogP contribution is -2.50. The SMILES string of the molecule is O=C(CN1CCN(C(=O)/C=C/c2cnn(Cc3ccccc3)c2)CC1)Nc1cccc(F)c1. The van der Waals surface area contributed by atoms with Gasteiger partial charge >= 0.3 is 0 Å². The molecule has 0 bridgehead atoms. The van der Waals surface area contributed by atoms with E-state index in [9.17, 15) is 14.0 Å². The molecule has 2 aromatic carbocycles. The summed E-state index contributed by atoms with van der Waals surface area (Å²) < 4.78 is 15.1. The van der Waals surface area contributed by atoms with Gasteiger partial charge in [-0.15, -0.1) is 0 Å². The summed E-state index contributed by atoms with van der Waals surface area (Å²) >= 11 is 0. The van der Waals surface area contributed by atoms with E-state index >= 15 is 0 Å². The number of nitrogens with zero attached hydrogens (tertiary/aromatic N) is 4. The van der Waals surface area contributed by atoms with E-state index in [1.54, 1.807) is 35.4 Å². The molecule has 0 radical (unpaired) electrons. The van der Waals surface area contributed by atoms with E-state index in [1.807, 2.05) is 46.1 Å². The zero-order valence-corrected chi connectivity index (χ0v) is 18.2. The van der Waals surface area contributed by atoms with Crippen LogP contribution in [0.2, 0.25) is 0 Å². The molecule has 1 aromatic heterocycles. The van der Waals surface area contributed by atoms with Crippen LogP contribution in [0.4, 0.5) is 10.1 Å². The minimum atomic E-state index is -0.392.